The van der Waals surface area contributed by atoms with Crippen molar-refractivity contribution >= 4 is 29.2 Å². The van der Waals surface area contributed by atoms with Crippen LogP contribution in [0.5, 0.6) is 0 Å². The summed E-state index contributed by atoms with van der Waals surface area (Å²) >= 11 is 1.50. The van der Waals surface area contributed by atoms with Crippen molar-refractivity contribution in [3.8, 4) is 0 Å². The lowest BCUT2D eigenvalue weighted by Gasteiger charge is -2.23. The molecule has 1 aliphatic rings. The molecule has 1 fully saturated rings. The molecule has 7 heteroatoms. The highest BCUT2D eigenvalue weighted by Gasteiger charge is 2.23. The number of aryl methyl sites for hydroxylation is 2. The van der Waals surface area contributed by atoms with Crippen LogP contribution in [0, 0.1) is 13.8 Å². The van der Waals surface area contributed by atoms with Gasteiger partial charge in [-0.2, -0.15) is 0 Å². The molecule has 2 N–H and O–H groups in total. The van der Waals surface area contributed by atoms with E-state index in [0.717, 1.165) is 35.4 Å². The lowest BCUT2D eigenvalue weighted by molar-refractivity contribution is -0.127. The largest absolute Gasteiger partial charge is 0.449 e. The number of amides is 3. The van der Waals surface area contributed by atoms with Gasteiger partial charge in [-0.05, 0) is 39.7 Å². The fourth-order valence-corrected chi connectivity index (χ4v) is 3.70. The molecule has 0 radical (unpaired) electrons. The van der Waals surface area contributed by atoms with Crippen molar-refractivity contribution in [2.24, 2.45) is 0 Å². The minimum Gasteiger partial charge on any atom is -0.449 e. The van der Waals surface area contributed by atoms with E-state index in [1.54, 1.807) is 6.07 Å². The molecule has 0 unspecified atom stereocenters. The first-order valence-electron chi connectivity index (χ1n) is 8.26. The summed E-state index contributed by atoms with van der Waals surface area (Å²) in [7, 11) is 0. The highest BCUT2D eigenvalue weighted by atomic mass is 32.1. The standard InChI is InChI=1S/C17H24N2O4S/c1-10-9-14(12(3)24-10)16(21)23-11(2)15(20)19-17(22)18-13-7-5-4-6-8-13/h9,11,13H,4-8H2,1-3H3,(H2,18,19,20,22)/t11-/m0/s1. The molecular weight excluding hydrogens is 328 g/mol. The van der Waals surface area contributed by atoms with Crippen LogP contribution in [0.4, 0.5) is 4.79 Å². The lowest BCUT2D eigenvalue weighted by atomic mass is 9.96. The highest BCUT2D eigenvalue weighted by Crippen LogP contribution is 2.21. The van der Waals surface area contributed by atoms with Gasteiger partial charge in [0.05, 0.1) is 5.56 Å². The molecule has 3 amide bonds. The van der Waals surface area contributed by atoms with E-state index >= 15 is 0 Å². The molecule has 0 aromatic carbocycles. The number of nitrogens with one attached hydrogen (secondary N) is 2. The molecule has 132 valence electrons. The molecule has 0 aliphatic heterocycles. The third-order valence-corrected chi connectivity index (χ3v) is 5.06. The Morgan fingerprint density at radius 1 is 1.21 bits per heavy atom. The molecule has 1 aromatic rings. The number of carbonyl (C=O) groups excluding carboxylic acids is 3. The Balaban J connectivity index is 1.81. The summed E-state index contributed by atoms with van der Waals surface area (Å²) in [4.78, 5) is 37.8. The molecule has 1 saturated carbocycles. The van der Waals surface area contributed by atoms with Crippen LogP contribution in [0.3, 0.4) is 0 Å². The summed E-state index contributed by atoms with van der Waals surface area (Å²) in [5.74, 6) is -1.17. The van der Waals surface area contributed by atoms with Gasteiger partial charge in [0, 0.05) is 15.8 Å². The van der Waals surface area contributed by atoms with Gasteiger partial charge in [-0.1, -0.05) is 19.3 Å². The van der Waals surface area contributed by atoms with E-state index < -0.39 is 24.0 Å². The number of hydrogen-bond donors (Lipinski definition) is 2. The Morgan fingerprint density at radius 3 is 2.46 bits per heavy atom. The summed E-state index contributed by atoms with van der Waals surface area (Å²) in [6.45, 7) is 5.19. The Kier molecular flexibility index (Phi) is 6.36. The molecule has 2 rings (SSSR count). The summed E-state index contributed by atoms with van der Waals surface area (Å²) in [6, 6.07) is 1.32. The minimum atomic E-state index is -1.03. The molecule has 6 nitrogen and oxygen atoms in total. The van der Waals surface area contributed by atoms with Crippen molar-refractivity contribution in [2.45, 2.75) is 65.0 Å². The number of rotatable bonds is 4. The van der Waals surface area contributed by atoms with E-state index in [0.29, 0.717) is 5.56 Å². The van der Waals surface area contributed by atoms with Gasteiger partial charge in [-0.25, -0.2) is 9.59 Å². The Labute approximate surface area is 146 Å². The minimum absolute atomic E-state index is 0.112. The van der Waals surface area contributed by atoms with Crippen LogP contribution in [0.2, 0.25) is 0 Å². The Bertz CT molecular complexity index is 620. The van der Waals surface area contributed by atoms with Gasteiger partial charge in [-0.3, -0.25) is 10.1 Å². The van der Waals surface area contributed by atoms with Crippen LogP contribution in [0.25, 0.3) is 0 Å². The maximum absolute atomic E-state index is 12.1. The monoisotopic (exact) mass is 352 g/mol. The smallest absolute Gasteiger partial charge is 0.340 e. The van der Waals surface area contributed by atoms with Crippen LogP contribution in [-0.2, 0) is 9.53 Å². The van der Waals surface area contributed by atoms with Gasteiger partial charge >= 0.3 is 12.0 Å². The van der Waals surface area contributed by atoms with Crippen LogP contribution < -0.4 is 10.6 Å². The Hall–Kier alpha value is -1.89. The average molecular weight is 352 g/mol. The zero-order valence-corrected chi connectivity index (χ0v) is 15.1. The van der Waals surface area contributed by atoms with Crippen molar-refractivity contribution in [1.82, 2.24) is 10.6 Å². The Morgan fingerprint density at radius 2 is 1.88 bits per heavy atom. The summed E-state index contributed by atoms with van der Waals surface area (Å²) in [5.41, 5.74) is 0.462. The van der Waals surface area contributed by atoms with Crippen LogP contribution in [0.1, 0.15) is 59.1 Å². The van der Waals surface area contributed by atoms with Gasteiger partial charge in [0.25, 0.3) is 5.91 Å². The van der Waals surface area contributed by atoms with Crippen molar-refractivity contribution in [3.63, 3.8) is 0 Å². The van der Waals surface area contributed by atoms with Crippen molar-refractivity contribution in [3.05, 3.63) is 21.4 Å². The third kappa shape index (κ3) is 5.06. The SMILES string of the molecule is Cc1cc(C(=O)O[C@@H](C)C(=O)NC(=O)NC2CCCCC2)c(C)s1. The van der Waals surface area contributed by atoms with Crippen LogP contribution >= 0.6 is 11.3 Å². The topological polar surface area (TPSA) is 84.5 Å². The molecule has 1 aromatic heterocycles. The molecule has 1 heterocycles. The maximum Gasteiger partial charge on any atom is 0.340 e. The van der Waals surface area contributed by atoms with E-state index in [1.807, 2.05) is 13.8 Å². The molecule has 0 bridgehead atoms. The van der Waals surface area contributed by atoms with E-state index in [-0.39, 0.29) is 6.04 Å². The zero-order chi connectivity index (χ0) is 17.7. The highest BCUT2D eigenvalue weighted by molar-refractivity contribution is 7.12. The van der Waals surface area contributed by atoms with E-state index in [9.17, 15) is 14.4 Å². The molecule has 1 aliphatic carbocycles. The molecule has 0 saturated heterocycles. The summed E-state index contributed by atoms with van der Waals surface area (Å²) in [6.07, 6.45) is 4.20. The van der Waals surface area contributed by atoms with Crippen molar-refractivity contribution < 1.29 is 19.1 Å². The number of thiophene rings is 1. The molecular formula is C17H24N2O4S. The third-order valence-electron chi connectivity index (χ3n) is 4.09. The van der Waals surface area contributed by atoms with Gasteiger partial charge < -0.3 is 10.1 Å². The van der Waals surface area contributed by atoms with Crippen LogP contribution in [-0.4, -0.2) is 30.1 Å². The van der Waals surface area contributed by atoms with Crippen molar-refractivity contribution in [2.75, 3.05) is 0 Å². The second-order valence-electron chi connectivity index (χ2n) is 6.17. The first kappa shape index (κ1) is 18.4. The second kappa shape index (κ2) is 8.28. The van der Waals surface area contributed by atoms with Gasteiger partial charge in [-0.15, -0.1) is 11.3 Å². The number of imide groups is 1. The zero-order valence-electron chi connectivity index (χ0n) is 14.3. The molecule has 0 spiro atoms. The molecule has 1 atom stereocenters. The van der Waals surface area contributed by atoms with Crippen molar-refractivity contribution in [1.29, 1.82) is 0 Å². The average Bonchev–Trinajstić information content (AvgIpc) is 2.86. The first-order valence-corrected chi connectivity index (χ1v) is 9.08. The lowest BCUT2D eigenvalue weighted by Crippen LogP contribution is -2.48. The van der Waals surface area contributed by atoms with E-state index in [1.165, 1.54) is 24.7 Å². The first-order chi connectivity index (χ1) is 11.4. The fraction of sp³-hybridized carbons (Fsp3) is 0.588. The second-order valence-corrected chi connectivity index (χ2v) is 7.63. The maximum atomic E-state index is 12.1. The van der Waals surface area contributed by atoms with Gasteiger partial charge in [0.1, 0.15) is 0 Å². The van der Waals surface area contributed by atoms with E-state index in [4.69, 9.17) is 4.74 Å². The number of urea groups is 1. The number of hydrogen-bond acceptors (Lipinski definition) is 5. The number of carbonyl (C=O) groups is 3. The predicted molar refractivity (Wildman–Crippen MR) is 92.2 cm³/mol. The van der Waals surface area contributed by atoms with Gasteiger partial charge in [0.2, 0.25) is 0 Å². The predicted octanol–water partition coefficient (Wildman–Crippen LogP) is 3.07. The van der Waals surface area contributed by atoms with Crippen LogP contribution in [0.15, 0.2) is 6.07 Å². The summed E-state index contributed by atoms with van der Waals surface area (Å²) in [5, 5.41) is 5.03. The van der Waals surface area contributed by atoms with Gasteiger partial charge in [0.15, 0.2) is 6.10 Å². The fourth-order valence-electron chi connectivity index (χ4n) is 2.79. The normalized spacial score (nSPS) is 16.3. The van der Waals surface area contributed by atoms with E-state index in [2.05, 4.69) is 10.6 Å². The number of ether oxygens (including phenoxy) is 1. The quantitative estimate of drug-likeness (QED) is 0.816. The number of esters is 1. The summed E-state index contributed by atoms with van der Waals surface area (Å²) < 4.78 is 5.16. The molecule has 24 heavy (non-hydrogen) atoms.